The molecule has 1 aliphatic carbocycles. The summed E-state index contributed by atoms with van der Waals surface area (Å²) in [4.78, 5) is 27.4. The minimum atomic E-state index is -0.612. The molecule has 138 valence electrons. The van der Waals surface area contributed by atoms with E-state index in [9.17, 15) is 9.59 Å². The number of carbonyl (C=O) groups excluding carboxylic acids is 2. The van der Waals surface area contributed by atoms with Crippen LogP contribution in [0.4, 0.5) is 11.4 Å². The molecule has 27 heavy (non-hydrogen) atoms. The van der Waals surface area contributed by atoms with Crippen molar-refractivity contribution in [3.63, 3.8) is 0 Å². The van der Waals surface area contributed by atoms with Crippen LogP contribution in [0.5, 0.6) is 0 Å². The van der Waals surface area contributed by atoms with Gasteiger partial charge in [0, 0.05) is 34.7 Å². The molecule has 0 fully saturated rings. The summed E-state index contributed by atoms with van der Waals surface area (Å²) >= 11 is 13.0. The van der Waals surface area contributed by atoms with Crippen LogP contribution in [0.1, 0.15) is 31.4 Å². The first kappa shape index (κ1) is 18.1. The lowest BCUT2D eigenvalue weighted by molar-refractivity contribution is -0.123. The summed E-state index contributed by atoms with van der Waals surface area (Å²) in [6, 6.07) is 12.2. The number of nitrogens with one attached hydrogen (secondary N) is 1. The first-order valence-corrected chi connectivity index (χ1v) is 9.57. The molecule has 0 saturated heterocycles. The van der Waals surface area contributed by atoms with Gasteiger partial charge in [-0.15, -0.1) is 0 Å². The summed E-state index contributed by atoms with van der Waals surface area (Å²) in [6.45, 7) is 1.50. The normalized spacial score (nSPS) is 21.5. The van der Waals surface area contributed by atoms with Crippen LogP contribution in [-0.2, 0) is 9.59 Å². The molecular weight excluding hydrogens is 383 g/mol. The van der Waals surface area contributed by atoms with Crippen molar-refractivity contribution in [1.29, 1.82) is 0 Å². The molecule has 1 N–H and O–H groups in total. The van der Waals surface area contributed by atoms with Crippen molar-refractivity contribution in [1.82, 2.24) is 0 Å². The smallest absolute Gasteiger partial charge is 0.224 e. The van der Waals surface area contributed by atoms with Gasteiger partial charge in [-0.3, -0.25) is 9.59 Å². The van der Waals surface area contributed by atoms with Gasteiger partial charge in [0.05, 0.1) is 23.3 Å². The molecule has 1 amide bonds. The number of fused-ring (bicyclic) bond motifs is 2. The minimum absolute atomic E-state index is 0.0695. The molecule has 0 bridgehead atoms. The third-order valence-electron chi connectivity index (χ3n) is 5.11. The highest BCUT2D eigenvalue weighted by Crippen LogP contribution is 2.48. The zero-order valence-electron chi connectivity index (χ0n) is 14.7. The summed E-state index contributed by atoms with van der Waals surface area (Å²) < 4.78 is 0. The lowest BCUT2D eigenvalue weighted by atomic mass is 9.81. The highest BCUT2D eigenvalue weighted by Gasteiger charge is 2.44. The molecule has 0 radical (unpaired) electrons. The Morgan fingerprint density at radius 3 is 2.52 bits per heavy atom. The summed E-state index contributed by atoms with van der Waals surface area (Å²) in [6.07, 6.45) is 3.13. The second-order valence-electron chi connectivity index (χ2n) is 6.75. The molecule has 0 spiro atoms. The Bertz CT molecular complexity index is 950. The van der Waals surface area contributed by atoms with E-state index < -0.39 is 12.0 Å². The summed E-state index contributed by atoms with van der Waals surface area (Å²) in [5, 5.41) is 4.26. The number of hydrogen-bond acceptors (Lipinski definition) is 3. The maximum Gasteiger partial charge on any atom is 0.224 e. The van der Waals surface area contributed by atoms with Crippen molar-refractivity contribution in [2.24, 2.45) is 5.92 Å². The molecule has 2 aromatic rings. The van der Waals surface area contributed by atoms with Gasteiger partial charge in [-0.1, -0.05) is 47.5 Å². The summed E-state index contributed by atoms with van der Waals surface area (Å²) in [5.74, 6) is -0.655. The maximum absolute atomic E-state index is 13.0. The van der Waals surface area contributed by atoms with E-state index >= 15 is 0 Å². The van der Waals surface area contributed by atoms with Crippen molar-refractivity contribution >= 4 is 46.3 Å². The van der Waals surface area contributed by atoms with Crippen LogP contribution < -0.4 is 10.2 Å². The molecule has 2 aromatic carbocycles. The van der Waals surface area contributed by atoms with E-state index in [1.165, 1.54) is 6.92 Å². The molecule has 0 saturated carbocycles. The molecule has 4 rings (SSSR count). The predicted octanol–water partition coefficient (Wildman–Crippen LogP) is 5.38. The zero-order valence-corrected chi connectivity index (χ0v) is 16.2. The number of halogens is 2. The van der Waals surface area contributed by atoms with Crippen LogP contribution in [0.25, 0.3) is 0 Å². The van der Waals surface area contributed by atoms with Gasteiger partial charge in [-0.2, -0.15) is 0 Å². The van der Waals surface area contributed by atoms with E-state index in [0.717, 1.165) is 11.4 Å². The van der Waals surface area contributed by atoms with E-state index in [2.05, 4.69) is 5.32 Å². The minimum Gasteiger partial charge on any atom is -0.357 e. The third-order valence-corrected chi connectivity index (χ3v) is 5.77. The van der Waals surface area contributed by atoms with Gasteiger partial charge in [0.25, 0.3) is 0 Å². The number of para-hydroxylation sites is 2. The van der Waals surface area contributed by atoms with Crippen LogP contribution >= 0.6 is 23.2 Å². The number of ketones is 1. The topological polar surface area (TPSA) is 49.4 Å². The van der Waals surface area contributed by atoms with Gasteiger partial charge in [-0.05, 0) is 30.7 Å². The molecule has 2 aliphatic rings. The first-order valence-electron chi connectivity index (χ1n) is 8.81. The van der Waals surface area contributed by atoms with Crippen LogP contribution in [0.2, 0.25) is 10.0 Å². The van der Waals surface area contributed by atoms with Gasteiger partial charge in [0.2, 0.25) is 5.91 Å². The van der Waals surface area contributed by atoms with E-state index in [1.807, 2.05) is 30.3 Å². The van der Waals surface area contributed by atoms with Crippen molar-refractivity contribution in [2.75, 3.05) is 10.2 Å². The molecule has 0 aromatic heterocycles. The Hall–Kier alpha value is -2.30. The van der Waals surface area contributed by atoms with E-state index in [4.69, 9.17) is 23.2 Å². The van der Waals surface area contributed by atoms with Crippen molar-refractivity contribution < 1.29 is 9.59 Å². The zero-order chi connectivity index (χ0) is 19.1. The average Bonchev–Trinajstić information content (AvgIpc) is 2.76. The Morgan fingerprint density at radius 2 is 1.81 bits per heavy atom. The van der Waals surface area contributed by atoms with Crippen LogP contribution in [0, 0.1) is 5.92 Å². The Kier molecular flexibility index (Phi) is 4.70. The van der Waals surface area contributed by atoms with Crippen LogP contribution in [0.15, 0.2) is 54.2 Å². The second kappa shape index (κ2) is 7.02. The SMILES string of the molecule is CC(=O)N1c2ccccc2NC2=CCCC(=O)[C@@H]2[C@H]1c1c(Cl)cccc1Cl. The first-order chi connectivity index (χ1) is 13.0. The monoisotopic (exact) mass is 400 g/mol. The Balaban J connectivity index is 2.04. The van der Waals surface area contributed by atoms with Gasteiger partial charge in [0.15, 0.2) is 0 Å². The molecule has 0 unspecified atom stereocenters. The van der Waals surface area contributed by atoms with Crippen LogP contribution in [-0.4, -0.2) is 11.7 Å². The molecule has 4 nitrogen and oxygen atoms in total. The van der Waals surface area contributed by atoms with Crippen molar-refractivity contribution in [2.45, 2.75) is 25.8 Å². The van der Waals surface area contributed by atoms with Crippen molar-refractivity contribution in [3.05, 3.63) is 69.8 Å². The lowest BCUT2D eigenvalue weighted by Crippen LogP contribution is -2.41. The van der Waals surface area contributed by atoms with Gasteiger partial charge < -0.3 is 10.2 Å². The fraction of sp³-hybridized carbons (Fsp3) is 0.238. The summed E-state index contributed by atoms with van der Waals surface area (Å²) in [5.41, 5.74) is 2.88. The van der Waals surface area contributed by atoms with E-state index in [-0.39, 0.29) is 11.7 Å². The standard InChI is InChI=1S/C21H18Cl2N2O2/c1-12(26)25-17-10-3-2-8-15(17)24-16-9-5-11-18(27)20(16)21(25)19-13(22)6-4-7-14(19)23/h2-4,6-10,20-21,24H,5,11H2,1H3/t20-,21-/m1/s1. The Morgan fingerprint density at radius 1 is 1.11 bits per heavy atom. The number of nitrogens with zero attached hydrogens (tertiary/aromatic N) is 1. The highest BCUT2D eigenvalue weighted by molar-refractivity contribution is 6.36. The number of rotatable bonds is 1. The fourth-order valence-electron chi connectivity index (χ4n) is 4.00. The number of allylic oxidation sites excluding steroid dienone is 1. The summed E-state index contributed by atoms with van der Waals surface area (Å²) in [7, 11) is 0. The second-order valence-corrected chi connectivity index (χ2v) is 7.57. The number of amides is 1. The third kappa shape index (κ3) is 3.03. The number of anilines is 2. The molecule has 6 heteroatoms. The van der Waals surface area contributed by atoms with Gasteiger partial charge in [0.1, 0.15) is 5.78 Å². The van der Waals surface area contributed by atoms with Crippen LogP contribution in [0.3, 0.4) is 0 Å². The predicted molar refractivity (Wildman–Crippen MR) is 108 cm³/mol. The molecule has 1 aliphatic heterocycles. The van der Waals surface area contributed by atoms with E-state index in [0.29, 0.717) is 34.1 Å². The number of Topliss-reactive ketones (excluding diaryl/α,β-unsaturated/α-hetero) is 1. The maximum atomic E-state index is 13.0. The van der Waals surface area contributed by atoms with E-state index in [1.54, 1.807) is 23.1 Å². The average molecular weight is 401 g/mol. The fourth-order valence-corrected chi connectivity index (χ4v) is 4.62. The number of hydrogen-bond donors (Lipinski definition) is 1. The quantitative estimate of drug-likeness (QED) is 0.699. The van der Waals surface area contributed by atoms with Crippen molar-refractivity contribution in [3.8, 4) is 0 Å². The highest BCUT2D eigenvalue weighted by atomic mass is 35.5. The molecule has 1 heterocycles. The number of benzene rings is 2. The van der Waals surface area contributed by atoms with Gasteiger partial charge >= 0.3 is 0 Å². The largest absolute Gasteiger partial charge is 0.357 e. The number of carbonyl (C=O) groups is 2. The molecular formula is C21H18Cl2N2O2. The Labute approximate surface area is 167 Å². The van der Waals surface area contributed by atoms with Gasteiger partial charge in [-0.25, -0.2) is 0 Å². The molecule has 2 atom stereocenters. The lowest BCUT2D eigenvalue weighted by Gasteiger charge is -2.36.